The predicted octanol–water partition coefficient (Wildman–Crippen LogP) is 2.09. The summed E-state index contributed by atoms with van der Waals surface area (Å²) in [5.41, 5.74) is 2.81. The summed E-state index contributed by atoms with van der Waals surface area (Å²) in [7, 11) is 0. The summed E-state index contributed by atoms with van der Waals surface area (Å²) in [5.74, 6) is 0.0525. The molecular weight excluding hydrogens is 335 g/mol. The number of hydrogen-bond acceptors (Lipinski definition) is 4. The van der Waals surface area contributed by atoms with Crippen LogP contribution in [0.5, 0.6) is 5.75 Å². The fourth-order valence-electron chi connectivity index (χ4n) is 2.93. The molecule has 1 atom stereocenters. The third-order valence-corrected chi connectivity index (χ3v) is 4.29. The summed E-state index contributed by atoms with van der Waals surface area (Å²) < 4.78 is 20.6. The molecule has 1 unspecified atom stereocenters. The fraction of sp³-hybridized carbons (Fsp3) is 0.211. The van der Waals surface area contributed by atoms with Crippen molar-refractivity contribution in [1.82, 2.24) is 20.1 Å². The van der Waals surface area contributed by atoms with Gasteiger partial charge in [-0.3, -0.25) is 4.79 Å². The van der Waals surface area contributed by atoms with Gasteiger partial charge in [0, 0.05) is 18.5 Å². The monoisotopic (exact) mass is 352 g/mol. The van der Waals surface area contributed by atoms with E-state index in [1.807, 2.05) is 24.3 Å². The zero-order valence-corrected chi connectivity index (χ0v) is 13.9. The van der Waals surface area contributed by atoms with Gasteiger partial charge in [-0.05, 0) is 29.3 Å². The molecule has 7 heteroatoms. The zero-order valence-electron chi connectivity index (χ0n) is 13.9. The molecule has 1 aromatic heterocycles. The lowest BCUT2D eigenvalue weighted by atomic mass is 10.1. The molecule has 0 saturated heterocycles. The molecular formula is C19H17FN4O2. The Morgan fingerprint density at radius 3 is 2.81 bits per heavy atom. The first kappa shape index (κ1) is 16.3. The minimum absolute atomic E-state index is 0.201. The summed E-state index contributed by atoms with van der Waals surface area (Å²) in [6.07, 6.45) is 2.94. The lowest BCUT2D eigenvalue weighted by molar-refractivity contribution is -0.127. The molecule has 0 fully saturated rings. The Morgan fingerprint density at radius 1 is 1.23 bits per heavy atom. The van der Waals surface area contributed by atoms with E-state index in [4.69, 9.17) is 4.74 Å². The van der Waals surface area contributed by atoms with Crippen molar-refractivity contribution >= 4 is 5.91 Å². The lowest BCUT2D eigenvalue weighted by Crippen LogP contribution is -2.37. The molecule has 0 saturated carbocycles. The minimum Gasteiger partial charge on any atom is -0.480 e. The maximum absolute atomic E-state index is 13.2. The summed E-state index contributed by atoms with van der Waals surface area (Å²) in [6, 6.07) is 12.2. The Balaban J connectivity index is 1.31. The van der Waals surface area contributed by atoms with Gasteiger partial charge in [-0.2, -0.15) is 5.10 Å². The van der Waals surface area contributed by atoms with Crippen LogP contribution in [0.4, 0.5) is 4.39 Å². The number of nitrogens with one attached hydrogen (secondary N) is 1. The highest BCUT2D eigenvalue weighted by molar-refractivity contribution is 5.82. The number of hydrogen-bond donors (Lipinski definition) is 1. The highest BCUT2D eigenvalue weighted by atomic mass is 19.1. The molecule has 6 nitrogen and oxygen atoms in total. The van der Waals surface area contributed by atoms with E-state index in [9.17, 15) is 9.18 Å². The number of aromatic nitrogens is 3. The van der Waals surface area contributed by atoms with Crippen LogP contribution >= 0.6 is 0 Å². The first-order valence-corrected chi connectivity index (χ1v) is 8.30. The van der Waals surface area contributed by atoms with E-state index < -0.39 is 6.10 Å². The molecule has 4 rings (SSSR count). The Morgan fingerprint density at radius 2 is 2.04 bits per heavy atom. The number of fused-ring (bicyclic) bond motifs is 1. The van der Waals surface area contributed by atoms with Crippen LogP contribution in [0.15, 0.2) is 55.1 Å². The van der Waals surface area contributed by atoms with E-state index in [-0.39, 0.29) is 11.7 Å². The number of rotatable bonds is 5. The zero-order chi connectivity index (χ0) is 17.9. The van der Waals surface area contributed by atoms with E-state index in [1.54, 1.807) is 17.1 Å². The predicted molar refractivity (Wildman–Crippen MR) is 91.9 cm³/mol. The molecule has 1 aliphatic heterocycles. The number of nitrogens with zero attached hydrogens (tertiary/aromatic N) is 3. The number of benzene rings is 2. The lowest BCUT2D eigenvalue weighted by Gasteiger charge is -2.11. The number of carbonyl (C=O) groups is 1. The normalized spacial score (nSPS) is 15.3. The van der Waals surface area contributed by atoms with Gasteiger partial charge >= 0.3 is 0 Å². The van der Waals surface area contributed by atoms with Gasteiger partial charge in [-0.15, -0.1) is 0 Å². The van der Waals surface area contributed by atoms with Gasteiger partial charge in [0.2, 0.25) is 0 Å². The number of amides is 1. The van der Waals surface area contributed by atoms with Gasteiger partial charge in [0.1, 0.15) is 24.2 Å². The van der Waals surface area contributed by atoms with Crippen LogP contribution < -0.4 is 10.1 Å². The quantitative estimate of drug-likeness (QED) is 0.763. The average Bonchev–Trinajstić information content (AvgIpc) is 3.30. The van der Waals surface area contributed by atoms with Gasteiger partial charge in [-0.25, -0.2) is 14.1 Å². The summed E-state index contributed by atoms with van der Waals surface area (Å²) in [6.45, 7) is 1.06. The Bertz CT molecular complexity index is 910. The van der Waals surface area contributed by atoms with Crippen LogP contribution in [-0.2, 0) is 24.3 Å². The molecule has 0 aliphatic carbocycles. The Hall–Kier alpha value is -3.22. The van der Waals surface area contributed by atoms with Gasteiger partial charge in [-0.1, -0.05) is 24.3 Å². The molecule has 2 heterocycles. The van der Waals surface area contributed by atoms with E-state index in [0.29, 0.717) is 25.3 Å². The molecule has 26 heavy (non-hydrogen) atoms. The SMILES string of the molecule is O=C(NCc1ccc(Cn2cncn2)cc1)C1Cc2cc(F)ccc2O1. The van der Waals surface area contributed by atoms with Crippen LogP contribution in [0.25, 0.3) is 0 Å². The second-order valence-electron chi connectivity index (χ2n) is 6.19. The average molecular weight is 352 g/mol. The second-order valence-corrected chi connectivity index (χ2v) is 6.19. The summed E-state index contributed by atoms with van der Waals surface area (Å²) in [4.78, 5) is 16.2. The Labute approximate surface area is 149 Å². The molecule has 0 bridgehead atoms. The third kappa shape index (κ3) is 3.56. The first-order chi connectivity index (χ1) is 12.7. The van der Waals surface area contributed by atoms with Crippen molar-refractivity contribution in [3.05, 3.63) is 77.6 Å². The van der Waals surface area contributed by atoms with Gasteiger partial charge in [0.05, 0.1) is 6.54 Å². The van der Waals surface area contributed by atoms with Crippen LogP contribution in [0.2, 0.25) is 0 Å². The topological polar surface area (TPSA) is 69.0 Å². The standard InChI is InChI=1S/C19H17FN4O2/c20-16-5-6-17-15(7-16)8-18(26-17)19(25)22-9-13-1-3-14(4-2-13)10-24-12-21-11-23-24/h1-7,11-12,18H,8-10H2,(H,22,25). The third-order valence-electron chi connectivity index (χ3n) is 4.29. The largest absolute Gasteiger partial charge is 0.480 e. The van der Waals surface area contributed by atoms with Crippen molar-refractivity contribution in [1.29, 1.82) is 0 Å². The van der Waals surface area contributed by atoms with Crippen molar-refractivity contribution in [2.75, 3.05) is 0 Å². The van der Waals surface area contributed by atoms with Crippen LogP contribution in [0.3, 0.4) is 0 Å². The fourth-order valence-corrected chi connectivity index (χ4v) is 2.93. The van der Waals surface area contributed by atoms with Crippen molar-refractivity contribution in [3.8, 4) is 5.75 Å². The van der Waals surface area contributed by atoms with E-state index in [2.05, 4.69) is 15.4 Å². The highest BCUT2D eigenvalue weighted by Crippen LogP contribution is 2.29. The van der Waals surface area contributed by atoms with Gasteiger partial charge in [0.15, 0.2) is 6.10 Å². The van der Waals surface area contributed by atoms with E-state index >= 15 is 0 Å². The maximum Gasteiger partial charge on any atom is 0.261 e. The molecule has 132 valence electrons. The summed E-state index contributed by atoms with van der Waals surface area (Å²) in [5, 5.41) is 6.94. The number of carbonyl (C=O) groups excluding carboxylic acids is 1. The molecule has 1 N–H and O–H groups in total. The van der Waals surface area contributed by atoms with Crippen molar-refractivity contribution < 1.29 is 13.9 Å². The minimum atomic E-state index is -0.613. The second kappa shape index (κ2) is 6.95. The maximum atomic E-state index is 13.2. The van der Waals surface area contributed by atoms with Crippen LogP contribution in [0, 0.1) is 5.82 Å². The smallest absolute Gasteiger partial charge is 0.261 e. The highest BCUT2D eigenvalue weighted by Gasteiger charge is 2.29. The van der Waals surface area contributed by atoms with Gasteiger partial charge in [0.25, 0.3) is 5.91 Å². The molecule has 2 aromatic carbocycles. The van der Waals surface area contributed by atoms with Crippen molar-refractivity contribution in [2.45, 2.75) is 25.6 Å². The molecule has 0 spiro atoms. The van der Waals surface area contributed by atoms with Crippen LogP contribution in [-0.4, -0.2) is 26.8 Å². The molecule has 0 radical (unpaired) electrons. The van der Waals surface area contributed by atoms with Crippen molar-refractivity contribution in [3.63, 3.8) is 0 Å². The van der Waals surface area contributed by atoms with E-state index in [1.165, 1.54) is 18.5 Å². The van der Waals surface area contributed by atoms with Crippen molar-refractivity contribution in [2.24, 2.45) is 0 Å². The molecule has 1 aliphatic rings. The first-order valence-electron chi connectivity index (χ1n) is 8.30. The van der Waals surface area contributed by atoms with Crippen LogP contribution in [0.1, 0.15) is 16.7 Å². The number of halogens is 1. The summed E-state index contributed by atoms with van der Waals surface area (Å²) >= 11 is 0. The van der Waals surface area contributed by atoms with Gasteiger partial charge < -0.3 is 10.1 Å². The molecule has 1 amide bonds. The molecule has 3 aromatic rings. The van der Waals surface area contributed by atoms with E-state index in [0.717, 1.165) is 16.7 Å². The Kier molecular flexibility index (Phi) is 4.35. The number of ether oxygens (including phenoxy) is 1.